The van der Waals surface area contributed by atoms with E-state index in [0.717, 1.165) is 29.7 Å². The summed E-state index contributed by atoms with van der Waals surface area (Å²) in [6, 6.07) is 11.3. The molecule has 2 heterocycles. The summed E-state index contributed by atoms with van der Waals surface area (Å²) in [5.74, 6) is 0.888. The third-order valence-corrected chi connectivity index (χ3v) is 6.24. The minimum atomic E-state index is -0.144. The second kappa shape index (κ2) is 8.11. The van der Waals surface area contributed by atoms with Crippen molar-refractivity contribution in [3.63, 3.8) is 0 Å². The van der Waals surface area contributed by atoms with Crippen LogP contribution < -0.4 is 15.0 Å². The maximum Gasteiger partial charge on any atom is 0.258 e. The first kappa shape index (κ1) is 19.2. The number of nitrogens with zero attached hydrogens (tertiary/aromatic N) is 2. The molecular formula is C22H26BrN3O2. The van der Waals surface area contributed by atoms with Gasteiger partial charge in [-0.15, -0.1) is 0 Å². The van der Waals surface area contributed by atoms with Crippen LogP contribution in [0.5, 0.6) is 5.88 Å². The first-order valence-electron chi connectivity index (χ1n) is 10.0. The Hall–Kier alpha value is -2.08. The van der Waals surface area contributed by atoms with E-state index in [0.29, 0.717) is 29.3 Å². The van der Waals surface area contributed by atoms with Crippen molar-refractivity contribution in [1.82, 2.24) is 4.98 Å². The zero-order valence-electron chi connectivity index (χ0n) is 16.2. The summed E-state index contributed by atoms with van der Waals surface area (Å²) >= 11 is 3.56. The quantitative estimate of drug-likeness (QED) is 0.660. The number of hydrogen-bond acceptors (Lipinski definition) is 4. The molecule has 0 bridgehead atoms. The van der Waals surface area contributed by atoms with E-state index < -0.39 is 0 Å². The number of aromatic nitrogens is 1. The SMILES string of the molecule is CCCOc1cccc(NC(=O)c2ccc(Br)cc2N2CCC3(CC2)CC3)n1. The van der Waals surface area contributed by atoms with Gasteiger partial charge in [0, 0.05) is 23.6 Å². The van der Waals surface area contributed by atoms with Gasteiger partial charge in [0.2, 0.25) is 5.88 Å². The molecule has 1 spiro atoms. The highest BCUT2D eigenvalue weighted by Gasteiger charge is 2.44. The Morgan fingerprint density at radius 2 is 2.00 bits per heavy atom. The van der Waals surface area contributed by atoms with Crippen LogP contribution in [0.4, 0.5) is 11.5 Å². The van der Waals surface area contributed by atoms with Gasteiger partial charge in [-0.1, -0.05) is 28.9 Å². The molecule has 1 aromatic heterocycles. The molecule has 2 fully saturated rings. The minimum Gasteiger partial charge on any atom is -0.478 e. The molecule has 2 aromatic rings. The number of halogens is 1. The lowest BCUT2D eigenvalue weighted by atomic mass is 9.93. The van der Waals surface area contributed by atoms with Crippen molar-refractivity contribution in [2.75, 3.05) is 29.9 Å². The van der Waals surface area contributed by atoms with Crippen LogP contribution in [0.15, 0.2) is 40.9 Å². The molecule has 6 heteroatoms. The second-order valence-corrected chi connectivity index (χ2v) is 8.73. The Kier molecular flexibility index (Phi) is 5.58. The Morgan fingerprint density at radius 3 is 2.71 bits per heavy atom. The van der Waals surface area contributed by atoms with Gasteiger partial charge in [0.05, 0.1) is 17.9 Å². The smallest absolute Gasteiger partial charge is 0.258 e. The maximum absolute atomic E-state index is 13.0. The monoisotopic (exact) mass is 443 g/mol. The Morgan fingerprint density at radius 1 is 1.21 bits per heavy atom. The predicted octanol–water partition coefficient (Wildman–Crippen LogP) is 5.27. The van der Waals surface area contributed by atoms with Crippen LogP contribution in [0, 0.1) is 5.41 Å². The molecule has 1 aliphatic carbocycles. The van der Waals surface area contributed by atoms with Gasteiger partial charge in [-0.25, -0.2) is 0 Å². The third-order valence-electron chi connectivity index (χ3n) is 5.75. The van der Waals surface area contributed by atoms with Gasteiger partial charge in [0.15, 0.2) is 0 Å². The van der Waals surface area contributed by atoms with Crippen molar-refractivity contribution >= 4 is 33.3 Å². The fourth-order valence-electron chi connectivity index (χ4n) is 3.81. The van der Waals surface area contributed by atoms with Crippen LogP contribution in [0.3, 0.4) is 0 Å². The van der Waals surface area contributed by atoms with Crippen LogP contribution in [0.25, 0.3) is 0 Å². The van der Waals surface area contributed by atoms with Crippen LogP contribution in [0.1, 0.15) is 49.4 Å². The summed E-state index contributed by atoms with van der Waals surface area (Å²) in [6.07, 6.45) is 6.10. The molecular weight excluding hydrogens is 418 g/mol. The van der Waals surface area contributed by atoms with E-state index >= 15 is 0 Å². The van der Waals surface area contributed by atoms with Crippen molar-refractivity contribution in [1.29, 1.82) is 0 Å². The summed E-state index contributed by atoms with van der Waals surface area (Å²) in [7, 11) is 0. The molecule has 0 unspecified atom stereocenters. The highest BCUT2D eigenvalue weighted by Crippen LogP contribution is 2.54. The maximum atomic E-state index is 13.0. The second-order valence-electron chi connectivity index (χ2n) is 7.81. The van der Waals surface area contributed by atoms with E-state index in [-0.39, 0.29) is 5.91 Å². The van der Waals surface area contributed by atoms with E-state index in [2.05, 4.69) is 31.1 Å². The molecule has 1 aromatic carbocycles. The van der Waals surface area contributed by atoms with E-state index in [9.17, 15) is 4.79 Å². The first-order valence-corrected chi connectivity index (χ1v) is 10.8. The van der Waals surface area contributed by atoms with Gasteiger partial charge < -0.3 is 15.0 Å². The average molecular weight is 444 g/mol. The van der Waals surface area contributed by atoms with Crippen molar-refractivity contribution in [3.8, 4) is 5.88 Å². The number of carbonyl (C=O) groups is 1. The largest absolute Gasteiger partial charge is 0.478 e. The molecule has 1 aliphatic heterocycles. The number of ether oxygens (including phenoxy) is 1. The van der Waals surface area contributed by atoms with Crippen LogP contribution in [0.2, 0.25) is 0 Å². The molecule has 1 saturated carbocycles. The summed E-state index contributed by atoms with van der Waals surface area (Å²) in [4.78, 5) is 19.8. The fraction of sp³-hybridized carbons (Fsp3) is 0.455. The summed E-state index contributed by atoms with van der Waals surface area (Å²) in [5, 5.41) is 2.93. The molecule has 148 valence electrons. The number of rotatable bonds is 6. The minimum absolute atomic E-state index is 0.144. The van der Waals surface area contributed by atoms with Crippen molar-refractivity contribution in [2.45, 2.75) is 39.0 Å². The molecule has 1 saturated heterocycles. The standard InChI is InChI=1S/C22H26BrN3O2/c1-2-14-28-20-5-3-4-19(24-20)25-21(27)17-7-6-16(23)15-18(17)26-12-10-22(8-9-22)11-13-26/h3-7,15H,2,8-14H2,1H3,(H,24,25,27). The molecule has 1 amide bonds. The van der Waals surface area contributed by atoms with Crippen LogP contribution in [-0.2, 0) is 0 Å². The fourth-order valence-corrected chi connectivity index (χ4v) is 4.16. The first-order chi connectivity index (χ1) is 13.6. The number of nitrogens with one attached hydrogen (secondary N) is 1. The molecule has 2 aliphatic rings. The zero-order valence-corrected chi connectivity index (χ0v) is 17.8. The number of piperidine rings is 1. The lowest BCUT2D eigenvalue weighted by Gasteiger charge is -2.35. The number of amides is 1. The molecule has 1 N–H and O–H groups in total. The zero-order chi connectivity index (χ0) is 19.6. The van der Waals surface area contributed by atoms with Crippen LogP contribution in [-0.4, -0.2) is 30.6 Å². The summed E-state index contributed by atoms with van der Waals surface area (Å²) in [5.41, 5.74) is 2.27. The third kappa shape index (κ3) is 4.32. The van der Waals surface area contributed by atoms with Crippen LogP contribution >= 0.6 is 15.9 Å². The van der Waals surface area contributed by atoms with Crippen molar-refractivity contribution in [2.24, 2.45) is 5.41 Å². The lowest BCUT2D eigenvalue weighted by molar-refractivity contribution is 0.102. The average Bonchev–Trinajstić information content (AvgIpc) is 3.46. The van der Waals surface area contributed by atoms with Gasteiger partial charge in [-0.3, -0.25) is 4.79 Å². The van der Waals surface area contributed by atoms with Gasteiger partial charge in [0.1, 0.15) is 5.82 Å². The molecule has 28 heavy (non-hydrogen) atoms. The lowest BCUT2D eigenvalue weighted by Crippen LogP contribution is -2.35. The number of pyridine rings is 1. The molecule has 0 atom stereocenters. The van der Waals surface area contributed by atoms with Gasteiger partial charge in [0.25, 0.3) is 5.91 Å². The highest BCUT2D eigenvalue weighted by atomic mass is 79.9. The van der Waals surface area contributed by atoms with E-state index in [4.69, 9.17) is 4.74 Å². The number of anilines is 2. The molecule has 4 rings (SSSR count). The topological polar surface area (TPSA) is 54.5 Å². The Bertz CT molecular complexity index is 857. The van der Waals surface area contributed by atoms with Gasteiger partial charge in [-0.2, -0.15) is 4.98 Å². The normalized spacial score (nSPS) is 17.4. The predicted molar refractivity (Wildman–Crippen MR) is 115 cm³/mol. The summed E-state index contributed by atoms with van der Waals surface area (Å²) in [6.45, 7) is 4.68. The highest BCUT2D eigenvalue weighted by molar-refractivity contribution is 9.10. The summed E-state index contributed by atoms with van der Waals surface area (Å²) < 4.78 is 6.55. The number of hydrogen-bond donors (Lipinski definition) is 1. The number of carbonyl (C=O) groups excluding carboxylic acids is 1. The Balaban J connectivity index is 1.51. The van der Waals surface area contributed by atoms with E-state index in [1.165, 1.54) is 25.7 Å². The molecule has 0 radical (unpaired) electrons. The van der Waals surface area contributed by atoms with E-state index in [1.54, 1.807) is 12.1 Å². The number of benzene rings is 1. The van der Waals surface area contributed by atoms with E-state index in [1.807, 2.05) is 31.2 Å². The van der Waals surface area contributed by atoms with Gasteiger partial charge >= 0.3 is 0 Å². The molecule has 5 nitrogen and oxygen atoms in total. The van der Waals surface area contributed by atoms with Crippen molar-refractivity contribution < 1.29 is 9.53 Å². The van der Waals surface area contributed by atoms with Crippen molar-refractivity contribution in [3.05, 3.63) is 46.4 Å². The Labute approximate surface area is 174 Å². The van der Waals surface area contributed by atoms with Gasteiger partial charge in [-0.05, 0) is 61.8 Å².